The molecule has 2 unspecified atom stereocenters. The third kappa shape index (κ3) is 2.59. The molecule has 6 nitrogen and oxygen atoms in total. The van der Waals surface area contributed by atoms with E-state index in [0.29, 0.717) is 24.8 Å². The molecule has 106 valence electrons. The molecule has 2 aromatic heterocycles. The van der Waals surface area contributed by atoms with E-state index < -0.39 is 5.97 Å². The van der Waals surface area contributed by atoms with Crippen molar-refractivity contribution in [1.29, 1.82) is 0 Å². The second-order valence-electron chi connectivity index (χ2n) is 5.11. The zero-order valence-electron chi connectivity index (χ0n) is 11.0. The zero-order valence-corrected chi connectivity index (χ0v) is 11.8. The van der Waals surface area contributed by atoms with Crippen LogP contribution in [0.1, 0.15) is 12.7 Å². The van der Waals surface area contributed by atoms with E-state index in [1.807, 2.05) is 24.4 Å². The van der Waals surface area contributed by atoms with E-state index in [-0.39, 0.29) is 11.8 Å². The van der Waals surface area contributed by atoms with Crippen LogP contribution in [0.4, 0.5) is 0 Å². The number of carboxylic acids is 1. The van der Waals surface area contributed by atoms with Crippen molar-refractivity contribution in [2.45, 2.75) is 13.5 Å². The Kier molecular flexibility index (Phi) is 3.54. The Morgan fingerprint density at radius 3 is 3.10 bits per heavy atom. The molecule has 0 bridgehead atoms. The van der Waals surface area contributed by atoms with Crippen LogP contribution < -0.4 is 0 Å². The second-order valence-corrected chi connectivity index (χ2v) is 6.06. The summed E-state index contributed by atoms with van der Waals surface area (Å²) in [6.07, 6.45) is 0. The van der Waals surface area contributed by atoms with Gasteiger partial charge in [-0.05, 0) is 17.4 Å². The van der Waals surface area contributed by atoms with E-state index in [4.69, 9.17) is 9.63 Å². The molecular formula is C13H15N3O3S. The van der Waals surface area contributed by atoms with Gasteiger partial charge in [-0.25, -0.2) is 0 Å². The number of hydrogen-bond acceptors (Lipinski definition) is 6. The molecule has 0 amide bonds. The number of hydrogen-bond donors (Lipinski definition) is 1. The summed E-state index contributed by atoms with van der Waals surface area (Å²) < 4.78 is 5.23. The van der Waals surface area contributed by atoms with Gasteiger partial charge in [0.2, 0.25) is 0 Å². The maximum absolute atomic E-state index is 11.1. The SMILES string of the molecule is CC1CN(Cc2noc(-c3cccs3)n2)CC1C(=O)O. The van der Waals surface area contributed by atoms with Gasteiger partial charge in [0.05, 0.1) is 17.3 Å². The van der Waals surface area contributed by atoms with Crippen molar-refractivity contribution in [3.05, 3.63) is 23.3 Å². The van der Waals surface area contributed by atoms with Crippen LogP contribution in [-0.4, -0.2) is 39.2 Å². The van der Waals surface area contributed by atoms with Crippen LogP contribution in [0.3, 0.4) is 0 Å². The maximum atomic E-state index is 11.1. The summed E-state index contributed by atoms with van der Waals surface area (Å²) in [7, 11) is 0. The number of nitrogens with zero attached hydrogens (tertiary/aromatic N) is 3. The van der Waals surface area contributed by atoms with Crippen LogP contribution in [0.25, 0.3) is 10.8 Å². The molecule has 2 atom stereocenters. The van der Waals surface area contributed by atoms with E-state index in [1.165, 1.54) is 0 Å². The average Bonchev–Trinajstić information content (AvgIpc) is 3.09. The molecule has 3 heterocycles. The van der Waals surface area contributed by atoms with Crippen LogP contribution in [0, 0.1) is 11.8 Å². The third-order valence-corrected chi connectivity index (χ3v) is 4.43. The number of thiophene rings is 1. The first-order chi connectivity index (χ1) is 9.63. The van der Waals surface area contributed by atoms with Gasteiger partial charge >= 0.3 is 5.97 Å². The summed E-state index contributed by atoms with van der Waals surface area (Å²) in [6, 6.07) is 3.86. The Morgan fingerprint density at radius 1 is 1.60 bits per heavy atom. The molecule has 2 aromatic rings. The average molecular weight is 293 g/mol. The second kappa shape index (κ2) is 5.34. The number of carboxylic acid groups (broad SMARTS) is 1. The van der Waals surface area contributed by atoms with Gasteiger partial charge in [0.25, 0.3) is 5.89 Å². The first kappa shape index (κ1) is 13.3. The van der Waals surface area contributed by atoms with Gasteiger partial charge in [-0.15, -0.1) is 11.3 Å². The maximum Gasteiger partial charge on any atom is 0.308 e. The van der Waals surface area contributed by atoms with Crippen molar-refractivity contribution in [3.8, 4) is 10.8 Å². The normalized spacial score (nSPS) is 23.2. The molecule has 20 heavy (non-hydrogen) atoms. The highest BCUT2D eigenvalue weighted by molar-refractivity contribution is 7.13. The predicted molar refractivity (Wildman–Crippen MR) is 73.2 cm³/mol. The monoisotopic (exact) mass is 293 g/mol. The van der Waals surface area contributed by atoms with Gasteiger partial charge in [-0.3, -0.25) is 9.69 Å². The Morgan fingerprint density at radius 2 is 2.45 bits per heavy atom. The number of aliphatic carboxylic acids is 1. The van der Waals surface area contributed by atoms with Crippen molar-refractivity contribution in [1.82, 2.24) is 15.0 Å². The summed E-state index contributed by atoms with van der Waals surface area (Å²) in [5.74, 6) is 0.242. The minimum atomic E-state index is -0.729. The topological polar surface area (TPSA) is 79.5 Å². The van der Waals surface area contributed by atoms with E-state index in [2.05, 4.69) is 15.0 Å². The number of rotatable bonds is 4. The molecular weight excluding hydrogens is 278 g/mol. The van der Waals surface area contributed by atoms with Gasteiger partial charge in [0, 0.05) is 13.1 Å². The van der Waals surface area contributed by atoms with Crippen molar-refractivity contribution in [3.63, 3.8) is 0 Å². The van der Waals surface area contributed by atoms with E-state index in [9.17, 15) is 4.79 Å². The predicted octanol–water partition coefficient (Wildman–Crippen LogP) is 1.95. The number of carbonyl (C=O) groups is 1. The fourth-order valence-corrected chi connectivity index (χ4v) is 3.18. The molecule has 0 saturated carbocycles. The molecule has 0 spiro atoms. The zero-order chi connectivity index (χ0) is 14.1. The molecule has 0 aromatic carbocycles. The lowest BCUT2D eigenvalue weighted by Gasteiger charge is -2.11. The molecule has 1 saturated heterocycles. The highest BCUT2D eigenvalue weighted by atomic mass is 32.1. The molecule has 1 N–H and O–H groups in total. The molecule has 0 radical (unpaired) electrons. The minimum Gasteiger partial charge on any atom is -0.481 e. The summed E-state index contributed by atoms with van der Waals surface area (Å²) in [4.78, 5) is 18.5. The van der Waals surface area contributed by atoms with Gasteiger partial charge in [0.1, 0.15) is 0 Å². The standard InChI is InChI=1S/C13H15N3O3S/c1-8-5-16(6-9(8)13(17)18)7-11-14-12(19-15-11)10-3-2-4-20-10/h2-4,8-9H,5-7H2,1H3,(H,17,18). The fraction of sp³-hybridized carbons (Fsp3) is 0.462. The summed E-state index contributed by atoms with van der Waals surface area (Å²) >= 11 is 1.55. The summed E-state index contributed by atoms with van der Waals surface area (Å²) in [5.41, 5.74) is 0. The van der Waals surface area contributed by atoms with Crippen LogP contribution >= 0.6 is 11.3 Å². The fourth-order valence-electron chi connectivity index (χ4n) is 2.54. The van der Waals surface area contributed by atoms with Crippen molar-refractivity contribution < 1.29 is 14.4 Å². The third-order valence-electron chi connectivity index (χ3n) is 3.57. The van der Waals surface area contributed by atoms with Crippen molar-refractivity contribution in [2.75, 3.05) is 13.1 Å². The van der Waals surface area contributed by atoms with Crippen molar-refractivity contribution >= 4 is 17.3 Å². The van der Waals surface area contributed by atoms with Crippen LogP contribution in [0.2, 0.25) is 0 Å². The molecule has 7 heteroatoms. The molecule has 0 aliphatic carbocycles. The number of likely N-dealkylation sites (tertiary alicyclic amines) is 1. The van der Waals surface area contributed by atoms with Crippen molar-refractivity contribution in [2.24, 2.45) is 11.8 Å². The largest absolute Gasteiger partial charge is 0.481 e. The Balaban J connectivity index is 1.66. The Hall–Kier alpha value is -1.73. The van der Waals surface area contributed by atoms with E-state index in [0.717, 1.165) is 11.4 Å². The van der Waals surface area contributed by atoms with Crippen LogP contribution in [0.5, 0.6) is 0 Å². The Labute approximate surface area is 120 Å². The highest BCUT2D eigenvalue weighted by Gasteiger charge is 2.35. The Bertz CT molecular complexity index is 596. The minimum absolute atomic E-state index is 0.149. The molecule has 3 rings (SSSR count). The van der Waals surface area contributed by atoms with E-state index >= 15 is 0 Å². The summed E-state index contributed by atoms with van der Waals surface area (Å²) in [6.45, 7) is 3.79. The van der Waals surface area contributed by atoms with E-state index in [1.54, 1.807) is 11.3 Å². The lowest BCUT2D eigenvalue weighted by molar-refractivity contribution is -0.142. The van der Waals surface area contributed by atoms with Crippen LogP contribution in [0.15, 0.2) is 22.0 Å². The first-order valence-electron chi connectivity index (χ1n) is 6.45. The van der Waals surface area contributed by atoms with Gasteiger partial charge in [-0.1, -0.05) is 18.1 Å². The van der Waals surface area contributed by atoms with Crippen LogP contribution in [-0.2, 0) is 11.3 Å². The molecule has 1 fully saturated rings. The van der Waals surface area contributed by atoms with Gasteiger partial charge < -0.3 is 9.63 Å². The summed E-state index contributed by atoms with van der Waals surface area (Å²) in [5, 5.41) is 15.0. The smallest absolute Gasteiger partial charge is 0.308 e. The lowest BCUT2D eigenvalue weighted by Crippen LogP contribution is -2.23. The van der Waals surface area contributed by atoms with Gasteiger partial charge in [-0.2, -0.15) is 4.98 Å². The lowest BCUT2D eigenvalue weighted by atomic mass is 9.99. The highest BCUT2D eigenvalue weighted by Crippen LogP contribution is 2.26. The quantitative estimate of drug-likeness (QED) is 0.928. The first-order valence-corrected chi connectivity index (χ1v) is 7.33. The molecule has 1 aliphatic heterocycles. The number of aromatic nitrogens is 2. The molecule has 1 aliphatic rings. The van der Waals surface area contributed by atoms with Gasteiger partial charge in [0.15, 0.2) is 5.82 Å².